The van der Waals surface area contributed by atoms with Gasteiger partial charge in [0.15, 0.2) is 0 Å². The van der Waals surface area contributed by atoms with Gasteiger partial charge >= 0.3 is 11.9 Å². The Morgan fingerprint density at radius 2 is 1.65 bits per heavy atom. The number of carbonyl (C=O) groups excluding carboxylic acids is 4. The first kappa shape index (κ1) is 29.8. The van der Waals surface area contributed by atoms with E-state index < -0.39 is 54.7 Å². The molecule has 3 amide bonds. The minimum atomic E-state index is -1.29. The van der Waals surface area contributed by atoms with Gasteiger partial charge in [0, 0.05) is 30.6 Å². The van der Waals surface area contributed by atoms with Crippen LogP contribution in [0, 0.1) is 5.41 Å². The van der Waals surface area contributed by atoms with E-state index in [1.54, 1.807) is 0 Å². The quantitative estimate of drug-likeness (QED) is 0.177. The lowest BCUT2D eigenvalue weighted by molar-refractivity contribution is -0.159. The highest BCUT2D eigenvalue weighted by Crippen LogP contribution is 2.19. The minimum Gasteiger partial charge on any atom is -0.480 e. The van der Waals surface area contributed by atoms with Crippen molar-refractivity contribution in [2.24, 2.45) is 5.73 Å². The van der Waals surface area contributed by atoms with Crippen LogP contribution in [0.2, 0.25) is 0 Å². The molecule has 0 aromatic heterocycles. The second-order valence-corrected chi connectivity index (χ2v) is 9.37. The molecule has 212 valence electrons. The number of benzene rings is 2. The van der Waals surface area contributed by atoms with E-state index in [1.165, 1.54) is 29.2 Å². The molecule has 2 atom stereocenters. The molecule has 2 aromatic rings. The topological polar surface area (TPSA) is 183 Å². The van der Waals surface area contributed by atoms with Crippen LogP contribution in [0.25, 0.3) is 0 Å². The molecule has 1 heterocycles. The van der Waals surface area contributed by atoms with E-state index in [4.69, 9.17) is 15.9 Å². The zero-order valence-electron chi connectivity index (χ0n) is 22.4. The molecule has 1 saturated heterocycles. The van der Waals surface area contributed by atoms with Crippen molar-refractivity contribution in [1.29, 1.82) is 5.41 Å². The van der Waals surface area contributed by atoms with Gasteiger partial charge in [-0.05, 0) is 29.7 Å². The molecule has 12 heteroatoms. The number of carboxylic acids is 1. The fourth-order valence-corrected chi connectivity index (χ4v) is 4.45. The summed E-state index contributed by atoms with van der Waals surface area (Å²) in [5.74, 6) is -3.95. The average molecular weight is 552 g/mol. The predicted molar refractivity (Wildman–Crippen MR) is 145 cm³/mol. The molecule has 0 saturated carbocycles. The van der Waals surface area contributed by atoms with Crippen molar-refractivity contribution >= 4 is 35.5 Å². The number of piperazine rings is 1. The van der Waals surface area contributed by atoms with Gasteiger partial charge < -0.3 is 30.7 Å². The molecule has 0 radical (unpaired) electrons. The summed E-state index contributed by atoms with van der Waals surface area (Å²) in [7, 11) is 1.15. The lowest BCUT2D eigenvalue weighted by Crippen LogP contribution is -2.63. The molecule has 40 heavy (non-hydrogen) atoms. The van der Waals surface area contributed by atoms with Crippen LogP contribution in [0.3, 0.4) is 0 Å². The van der Waals surface area contributed by atoms with Crippen molar-refractivity contribution in [2.75, 3.05) is 26.7 Å². The third-order valence-corrected chi connectivity index (χ3v) is 6.71. The molecular weight excluding hydrogens is 518 g/mol. The van der Waals surface area contributed by atoms with Crippen LogP contribution in [0.15, 0.2) is 48.5 Å². The number of ether oxygens (including phenoxy) is 1. The Labute approximate surface area is 231 Å². The second-order valence-electron chi connectivity index (χ2n) is 9.37. The number of methoxy groups -OCH3 is 1. The molecule has 3 rings (SSSR count). The van der Waals surface area contributed by atoms with Crippen LogP contribution in [-0.2, 0) is 36.8 Å². The Bertz CT molecular complexity index is 1280. The van der Waals surface area contributed by atoms with Gasteiger partial charge in [-0.2, -0.15) is 0 Å². The summed E-state index contributed by atoms with van der Waals surface area (Å²) in [4.78, 5) is 65.9. The Balaban J connectivity index is 1.92. The molecular formula is C28H33N5O7. The molecule has 5 N–H and O–H groups in total. The normalized spacial score (nSPS) is 15.8. The van der Waals surface area contributed by atoms with Gasteiger partial charge in [0.25, 0.3) is 5.91 Å². The highest BCUT2D eigenvalue weighted by Gasteiger charge is 2.41. The standard InChI is InChI=1S/C28H33N5O7/c1-3-17-4-6-18(7-5-17)14-21(31-26(37)20-10-8-19(9-11-20)25(29)30)27(38)33-13-12-32(16-23(34)35)28(39)22(33)15-24(36)40-2/h4-11,21-22H,3,12-16H2,1-2H3,(H3,29,30)(H,31,37)(H,34,35)/t21-,22-/m0/s1. The number of rotatable bonds is 11. The van der Waals surface area contributed by atoms with E-state index in [0.29, 0.717) is 5.56 Å². The maximum absolute atomic E-state index is 13.9. The van der Waals surface area contributed by atoms with Crippen molar-refractivity contribution < 1.29 is 33.8 Å². The minimum absolute atomic E-state index is 0.0338. The average Bonchev–Trinajstić information content (AvgIpc) is 2.94. The fraction of sp³-hybridized carbons (Fsp3) is 0.357. The fourth-order valence-electron chi connectivity index (χ4n) is 4.45. The largest absolute Gasteiger partial charge is 0.480 e. The maximum Gasteiger partial charge on any atom is 0.323 e. The number of hydrogen-bond donors (Lipinski definition) is 4. The van der Waals surface area contributed by atoms with Gasteiger partial charge in [-0.1, -0.05) is 43.3 Å². The number of amidine groups is 1. The van der Waals surface area contributed by atoms with E-state index in [9.17, 15) is 29.1 Å². The van der Waals surface area contributed by atoms with Crippen molar-refractivity contribution in [1.82, 2.24) is 15.1 Å². The number of nitrogen functional groups attached to an aromatic ring is 1. The van der Waals surface area contributed by atoms with Gasteiger partial charge in [0.2, 0.25) is 11.8 Å². The van der Waals surface area contributed by atoms with Gasteiger partial charge in [-0.15, -0.1) is 0 Å². The van der Waals surface area contributed by atoms with E-state index >= 15 is 0 Å². The zero-order valence-corrected chi connectivity index (χ0v) is 22.4. The Hall–Kier alpha value is -4.74. The number of nitrogens with zero attached hydrogens (tertiary/aromatic N) is 2. The molecule has 0 aliphatic carbocycles. The summed E-state index contributed by atoms with van der Waals surface area (Å²) in [6, 6.07) is 11.2. The lowest BCUT2D eigenvalue weighted by atomic mass is 9.99. The van der Waals surface area contributed by atoms with Crippen molar-refractivity contribution in [3.05, 3.63) is 70.8 Å². The summed E-state index contributed by atoms with van der Waals surface area (Å²) < 4.78 is 4.71. The number of nitrogens with two attached hydrogens (primary N) is 1. The number of amides is 3. The highest BCUT2D eigenvalue weighted by atomic mass is 16.5. The first-order chi connectivity index (χ1) is 19.0. The van der Waals surface area contributed by atoms with Crippen molar-refractivity contribution in [2.45, 2.75) is 38.3 Å². The molecule has 1 aliphatic rings. The smallest absolute Gasteiger partial charge is 0.323 e. The van der Waals surface area contributed by atoms with Crippen LogP contribution in [0.1, 0.15) is 40.4 Å². The summed E-state index contributed by atoms with van der Waals surface area (Å²) in [5, 5.41) is 19.5. The number of hydrogen-bond acceptors (Lipinski definition) is 7. The second kappa shape index (κ2) is 13.4. The third kappa shape index (κ3) is 7.43. The third-order valence-electron chi connectivity index (χ3n) is 6.71. The SMILES string of the molecule is CCc1ccc(C[C@H](NC(=O)c2ccc(C(=N)N)cc2)C(=O)N2CCN(CC(=O)O)C(=O)[C@@H]2CC(=O)OC)cc1. The van der Waals surface area contributed by atoms with Crippen LogP contribution < -0.4 is 11.1 Å². The summed E-state index contributed by atoms with van der Waals surface area (Å²) in [6.45, 7) is 1.36. The van der Waals surface area contributed by atoms with E-state index in [-0.39, 0.29) is 30.9 Å². The Kier molecular flexibility index (Phi) is 9.96. The number of aryl methyl sites for hydroxylation is 1. The number of nitrogens with one attached hydrogen (secondary N) is 2. The molecule has 0 spiro atoms. The maximum atomic E-state index is 13.9. The molecule has 1 aliphatic heterocycles. The van der Waals surface area contributed by atoms with Gasteiger partial charge in [0.05, 0.1) is 13.5 Å². The Morgan fingerprint density at radius 3 is 2.20 bits per heavy atom. The summed E-state index contributed by atoms with van der Waals surface area (Å²) >= 11 is 0. The Morgan fingerprint density at radius 1 is 1.05 bits per heavy atom. The first-order valence-electron chi connectivity index (χ1n) is 12.7. The highest BCUT2D eigenvalue weighted by molar-refractivity contribution is 6.01. The van der Waals surface area contributed by atoms with E-state index in [2.05, 4.69) is 5.32 Å². The lowest BCUT2D eigenvalue weighted by Gasteiger charge is -2.41. The summed E-state index contributed by atoms with van der Waals surface area (Å²) in [6.07, 6.45) is 0.470. The molecule has 12 nitrogen and oxygen atoms in total. The number of aliphatic carboxylic acids is 1. The van der Waals surface area contributed by atoms with E-state index in [1.807, 2.05) is 31.2 Å². The van der Waals surface area contributed by atoms with Crippen LogP contribution >= 0.6 is 0 Å². The van der Waals surface area contributed by atoms with Gasteiger partial charge in [-0.25, -0.2) is 0 Å². The van der Waals surface area contributed by atoms with Gasteiger partial charge in [0.1, 0.15) is 24.5 Å². The number of carboxylic acid groups (broad SMARTS) is 1. The first-order valence-corrected chi connectivity index (χ1v) is 12.7. The van der Waals surface area contributed by atoms with Crippen molar-refractivity contribution in [3.63, 3.8) is 0 Å². The van der Waals surface area contributed by atoms with Crippen LogP contribution in [0.5, 0.6) is 0 Å². The molecule has 0 bridgehead atoms. The zero-order chi connectivity index (χ0) is 29.4. The van der Waals surface area contributed by atoms with Gasteiger partial charge in [-0.3, -0.25) is 29.4 Å². The number of carbonyl (C=O) groups is 5. The molecule has 2 aromatic carbocycles. The summed E-state index contributed by atoms with van der Waals surface area (Å²) in [5.41, 5.74) is 8.02. The number of esters is 1. The monoisotopic (exact) mass is 551 g/mol. The van der Waals surface area contributed by atoms with Crippen LogP contribution in [0.4, 0.5) is 0 Å². The van der Waals surface area contributed by atoms with E-state index in [0.717, 1.165) is 29.6 Å². The predicted octanol–water partition coefficient (Wildman–Crippen LogP) is 0.561. The molecule has 1 fully saturated rings. The van der Waals surface area contributed by atoms with Crippen molar-refractivity contribution in [3.8, 4) is 0 Å². The van der Waals surface area contributed by atoms with Crippen LogP contribution in [-0.4, -0.2) is 89.2 Å². The molecule has 0 unspecified atom stereocenters.